The molecule has 8 heteroatoms. The van der Waals surface area contributed by atoms with Crippen LogP contribution in [0.2, 0.25) is 0 Å². The van der Waals surface area contributed by atoms with Crippen molar-refractivity contribution in [1.82, 2.24) is 15.5 Å². The molecule has 1 aliphatic heterocycles. The highest BCUT2D eigenvalue weighted by atomic mass is 19.1. The van der Waals surface area contributed by atoms with Crippen LogP contribution in [0.5, 0.6) is 0 Å². The number of benzene rings is 2. The molecule has 1 aromatic heterocycles. The Kier molecular flexibility index (Phi) is 4.31. The van der Waals surface area contributed by atoms with E-state index in [0.717, 1.165) is 0 Å². The molecular weight excluding hydrogens is 354 g/mol. The molecule has 0 aliphatic carbocycles. The first-order valence-electron chi connectivity index (χ1n) is 8.48. The van der Waals surface area contributed by atoms with E-state index in [0.29, 0.717) is 11.1 Å². The van der Waals surface area contributed by atoms with Gasteiger partial charge in [-0.15, -0.1) is 0 Å². The number of aromatic nitrogens is 2. The van der Waals surface area contributed by atoms with E-state index in [9.17, 15) is 18.4 Å². The zero-order valence-electron chi connectivity index (χ0n) is 14.2. The number of hydrogen-bond acceptors (Lipinski definition) is 3. The Labute approximate surface area is 153 Å². The van der Waals surface area contributed by atoms with Gasteiger partial charge in [0.1, 0.15) is 11.6 Å². The van der Waals surface area contributed by atoms with Gasteiger partial charge in [0.15, 0.2) is 5.82 Å². The molecule has 2 aromatic carbocycles. The van der Waals surface area contributed by atoms with Crippen LogP contribution in [0.1, 0.15) is 12.0 Å². The highest BCUT2D eigenvalue weighted by Crippen LogP contribution is 2.31. The van der Waals surface area contributed by atoms with Crippen molar-refractivity contribution in [2.45, 2.75) is 13.0 Å². The van der Waals surface area contributed by atoms with Crippen molar-refractivity contribution in [3.05, 3.63) is 59.7 Å². The third-order valence-electron chi connectivity index (χ3n) is 4.68. The Morgan fingerprint density at radius 1 is 1.19 bits per heavy atom. The minimum atomic E-state index is -0.609. The molecule has 27 heavy (non-hydrogen) atoms. The highest BCUT2D eigenvalue weighted by molar-refractivity contribution is 6.05. The SMILES string of the molecule is O=C(NCc1ccccc1F)C1CC(=O)N(c2n[nH]c3cccc(F)c23)C1. The lowest BCUT2D eigenvalue weighted by molar-refractivity contribution is -0.126. The molecule has 3 aromatic rings. The summed E-state index contributed by atoms with van der Waals surface area (Å²) in [5, 5.41) is 9.62. The van der Waals surface area contributed by atoms with Crippen molar-refractivity contribution in [3.8, 4) is 0 Å². The zero-order valence-corrected chi connectivity index (χ0v) is 14.2. The fraction of sp³-hybridized carbons (Fsp3) is 0.211. The number of halogens is 2. The van der Waals surface area contributed by atoms with Gasteiger partial charge < -0.3 is 5.32 Å². The molecule has 138 valence electrons. The molecule has 1 atom stereocenters. The number of carbonyl (C=O) groups excluding carboxylic acids is 2. The summed E-state index contributed by atoms with van der Waals surface area (Å²) >= 11 is 0. The quantitative estimate of drug-likeness (QED) is 0.741. The normalized spacial score (nSPS) is 16.9. The minimum absolute atomic E-state index is 0.00802. The first-order valence-corrected chi connectivity index (χ1v) is 8.48. The number of H-pyrrole nitrogens is 1. The van der Waals surface area contributed by atoms with E-state index in [-0.39, 0.29) is 42.5 Å². The van der Waals surface area contributed by atoms with E-state index >= 15 is 0 Å². The largest absolute Gasteiger partial charge is 0.352 e. The van der Waals surface area contributed by atoms with Gasteiger partial charge in [-0.2, -0.15) is 5.10 Å². The molecule has 2 N–H and O–H groups in total. The van der Waals surface area contributed by atoms with Crippen LogP contribution in [0, 0.1) is 17.6 Å². The number of hydrogen-bond donors (Lipinski definition) is 2. The lowest BCUT2D eigenvalue weighted by Crippen LogP contribution is -2.33. The number of rotatable bonds is 4. The lowest BCUT2D eigenvalue weighted by atomic mass is 10.1. The van der Waals surface area contributed by atoms with Crippen molar-refractivity contribution < 1.29 is 18.4 Å². The van der Waals surface area contributed by atoms with Crippen LogP contribution in [0.25, 0.3) is 10.9 Å². The minimum Gasteiger partial charge on any atom is -0.352 e. The molecule has 1 unspecified atom stereocenters. The summed E-state index contributed by atoms with van der Waals surface area (Å²) < 4.78 is 27.8. The monoisotopic (exact) mass is 370 g/mol. The Morgan fingerprint density at radius 2 is 1.96 bits per heavy atom. The Balaban J connectivity index is 1.49. The standard InChI is InChI=1S/C19H16F2N4O2/c20-13-5-2-1-4-11(13)9-22-19(27)12-8-16(26)25(10-12)18-17-14(21)6-3-7-15(17)23-24-18/h1-7,12H,8-10H2,(H,22,27)(H,23,24). The maximum Gasteiger partial charge on any atom is 0.229 e. The number of carbonyl (C=O) groups is 2. The Bertz CT molecular complexity index is 1030. The predicted molar refractivity (Wildman–Crippen MR) is 94.8 cm³/mol. The Morgan fingerprint density at radius 3 is 2.78 bits per heavy atom. The first kappa shape index (κ1) is 17.1. The van der Waals surface area contributed by atoms with Crippen LogP contribution in [-0.2, 0) is 16.1 Å². The maximum absolute atomic E-state index is 14.1. The van der Waals surface area contributed by atoms with Crippen molar-refractivity contribution in [2.75, 3.05) is 11.4 Å². The summed E-state index contributed by atoms with van der Waals surface area (Å²) in [6, 6.07) is 10.7. The van der Waals surface area contributed by atoms with Crippen LogP contribution in [0.15, 0.2) is 42.5 Å². The summed E-state index contributed by atoms with van der Waals surface area (Å²) in [4.78, 5) is 26.1. The number of amides is 2. The highest BCUT2D eigenvalue weighted by Gasteiger charge is 2.37. The third-order valence-corrected chi connectivity index (χ3v) is 4.68. The zero-order chi connectivity index (χ0) is 19.0. The van der Waals surface area contributed by atoms with Crippen molar-refractivity contribution in [3.63, 3.8) is 0 Å². The number of anilines is 1. The second kappa shape index (κ2) is 6.79. The summed E-state index contributed by atoms with van der Waals surface area (Å²) in [6.07, 6.45) is -0.00802. The van der Waals surface area contributed by atoms with Gasteiger partial charge >= 0.3 is 0 Å². The molecule has 1 aliphatic rings. The first-order chi connectivity index (χ1) is 13.0. The average Bonchev–Trinajstić information content (AvgIpc) is 3.25. The summed E-state index contributed by atoms with van der Waals surface area (Å²) in [7, 11) is 0. The maximum atomic E-state index is 14.1. The molecule has 0 radical (unpaired) electrons. The fourth-order valence-corrected chi connectivity index (χ4v) is 3.27. The van der Waals surface area contributed by atoms with E-state index in [4.69, 9.17) is 0 Å². The van der Waals surface area contributed by atoms with Gasteiger partial charge in [-0.3, -0.25) is 19.6 Å². The lowest BCUT2D eigenvalue weighted by Gasteiger charge is -2.14. The summed E-state index contributed by atoms with van der Waals surface area (Å²) in [5.74, 6) is -1.98. The predicted octanol–water partition coefficient (Wildman–Crippen LogP) is 2.51. The summed E-state index contributed by atoms with van der Waals surface area (Å²) in [5.41, 5.74) is 0.845. The smallest absolute Gasteiger partial charge is 0.229 e. The number of nitrogens with zero attached hydrogens (tertiary/aromatic N) is 2. The number of fused-ring (bicyclic) bond motifs is 1. The van der Waals surface area contributed by atoms with Crippen molar-refractivity contribution in [2.24, 2.45) is 5.92 Å². The van der Waals surface area contributed by atoms with Gasteiger partial charge in [-0.05, 0) is 18.2 Å². The van der Waals surface area contributed by atoms with Crippen molar-refractivity contribution >= 4 is 28.5 Å². The fourth-order valence-electron chi connectivity index (χ4n) is 3.27. The topological polar surface area (TPSA) is 78.1 Å². The van der Waals surface area contributed by atoms with E-state index in [2.05, 4.69) is 15.5 Å². The number of aromatic amines is 1. The van der Waals surface area contributed by atoms with Crippen LogP contribution in [0.4, 0.5) is 14.6 Å². The molecule has 4 rings (SSSR count). The number of nitrogens with one attached hydrogen (secondary N) is 2. The molecule has 0 spiro atoms. The molecule has 0 bridgehead atoms. The van der Waals surface area contributed by atoms with Crippen LogP contribution < -0.4 is 10.2 Å². The second-order valence-corrected chi connectivity index (χ2v) is 6.42. The van der Waals surface area contributed by atoms with Gasteiger partial charge in [0.25, 0.3) is 0 Å². The molecule has 1 fully saturated rings. The Hall–Kier alpha value is -3.29. The van der Waals surface area contributed by atoms with Gasteiger partial charge in [0.05, 0.1) is 16.8 Å². The van der Waals surface area contributed by atoms with Crippen LogP contribution in [-0.4, -0.2) is 28.6 Å². The molecule has 2 heterocycles. The van der Waals surface area contributed by atoms with E-state index in [1.807, 2.05) is 0 Å². The molecular formula is C19H16F2N4O2. The average molecular weight is 370 g/mol. The van der Waals surface area contributed by atoms with Gasteiger partial charge in [-0.1, -0.05) is 24.3 Å². The molecule has 6 nitrogen and oxygen atoms in total. The molecule has 0 saturated carbocycles. The van der Waals surface area contributed by atoms with Gasteiger partial charge in [0.2, 0.25) is 11.8 Å². The van der Waals surface area contributed by atoms with Crippen LogP contribution in [0.3, 0.4) is 0 Å². The van der Waals surface area contributed by atoms with E-state index in [1.165, 1.54) is 17.0 Å². The van der Waals surface area contributed by atoms with E-state index in [1.54, 1.807) is 30.3 Å². The van der Waals surface area contributed by atoms with E-state index < -0.39 is 17.6 Å². The third kappa shape index (κ3) is 3.14. The van der Waals surface area contributed by atoms with Gasteiger partial charge in [-0.25, -0.2) is 8.78 Å². The summed E-state index contributed by atoms with van der Waals surface area (Å²) in [6.45, 7) is 0.131. The second-order valence-electron chi connectivity index (χ2n) is 6.42. The van der Waals surface area contributed by atoms with Crippen LogP contribution >= 0.6 is 0 Å². The van der Waals surface area contributed by atoms with Gasteiger partial charge in [0, 0.05) is 25.1 Å². The molecule has 1 saturated heterocycles. The van der Waals surface area contributed by atoms with Crippen molar-refractivity contribution in [1.29, 1.82) is 0 Å². The molecule has 2 amide bonds.